The molecule has 2 saturated heterocycles. The van der Waals surface area contributed by atoms with Gasteiger partial charge < -0.3 is 15.5 Å². The van der Waals surface area contributed by atoms with Gasteiger partial charge in [-0.2, -0.15) is 0 Å². The zero-order valence-electron chi connectivity index (χ0n) is 22.2. The lowest BCUT2D eigenvalue weighted by Gasteiger charge is -2.37. The summed E-state index contributed by atoms with van der Waals surface area (Å²) >= 11 is 6.88. The highest BCUT2D eigenvalue weighted by molar-refractivity contribution is 6.22. The van der Waals surface area contributed by atoms with Crippen LogP contribution in [0.15, 0.2) is 42.9 Å². The monoisotopic (exact) mass is 524 g/mol. The molecule has 8 heteroatoms. The van der Waals surface area contributed by atoms with Crippen molar-refractivity contribution in [3.05, 3.63) is 54.0 Å². The average molecular weight is 525 g/mol. The summed E-state index contributed by atoms with van der Waals surface area (Å²) in [6, 6.07) is 9.59. The van der Waals surface area contributed by atoms with Gasteiger partial charge in [-0.1, -0.05) is 18.6 Å². The van der Waals surface area contributed by atoms with Crippen LogP contribution in [-0.4, -0.2) is 70.5 Å². The summed E-state index contributed by atoms with van der Waals surface area (Å²) in [7, 11) is 0. The zero-order valence-corrected chi connectivity index (χ0v) is 22.9. The number of nitrogens with zero attached hydrogens (tertiary/aromatic N) is 4. The Labute approximate surface area is 226 Å². The lowest BCUT2D eigenvalue weighted by molar-refractivity contribution is -0.127. The Bertz CT molecular complexity index is 1000. The SMILES string of the molecule is CC1CN(c2ccc(CN3CCC(NC(=O)C4CCCC(c5cccnc5)C4Cl)CC3)cn2)CC(C)N1. The number of amides is 1. The number of nitrogens with one attached hydrogen (secondary N) is 2. The van der Waals surface area contributed by atoms with E-state index in [0.29, 0.717) is 12.1 Å². The topological polar surface area (TPSA) is 73.4 Å². The Morgan fingerprint density at radius 1 is 1.08 bits per heavy atom. The van der Waals surface area contributed by atoms with Crippen molar-refractivity contribution in [1.29, 1.82) is 0 Å². The van der Waals surface area contributed by atoms with Gasteiger partial charge in [0.25, 0.3) is 0 Å². The van der Waals surface area contributed by atoms with Crippen molar-refractivity contribution in [2.75, 3.05) is 31.1 Å². The normalized spacial score (nSPS) is 29.7. The van der Waals surface area contributed by atoms with E-state index < -0.39 is 0 Å². The van der Waals surface area contributed by atoms with Crippen LogP contribution in [0.1, 0.15) is 63.0 Å². The summed E-state index contributed by atoms with van der Waals surface area (Å²) in [5, 5.41) is 6.74. The van der Waals surface area contributed by atoms with Crippen LogP contribution >= 0.6 is 11.6 Å². The van der Waals surface area contributed by atoms with Crippen molar-refractivity contribution in [3.63, 3.8) is 0 Å². The summed E-state index contributed by atoms with van der Waals surface area (Å²) in [4.78, 5) is 27.1. The Balaban J connectivity index is 1.08. The fourth-order valence-electron chi connectivity index (χ4n) is 6.39. The van der Waals surface area contributed by atoms with Gasteiger partial charge in [0.1, 0.15) is 5.82 Å². The van der Waals surface area contributed by atoms with Gasteiger partial charge >= 0.3 is 0 Å². The number of hydrogen-bond acceptors (Lipinski definition) is 6. The van der Waals surface area contributed by atoms with Crippen molar-refractivity contribution in [1.82, 2.24) is 25.5 Å². The third-order valence-corrected chi connectivity index (χ3v) is 8.89. The summed E-state index contributed by atoms with van der Waals surface area (Å²) in [6.07, 6.45) is 10.6. The van der Waals surface area contributed by atoms with Gasteiger partial charge in [0, 0.05) is 75.4 Å². The van der Waals surface area contributed by atoms with Crippen LogP contribution in [0.2, 0.25) is 0 Å². The van der Waals surface area contributed by atoms with E-state index in [1.54, 1.807) is 6.20 Å². The molecule has 0 aromatic carbocycles. The predicted molar refractivity (Wildman–Crippen MR) is 149 cm³/mol. The molecule has 2 aliphatic heterocycles. The number of halogens is 1. The maximum absolute atomic E-state index is 13.2. The first-order valence-corrected chi connectivity index (χ1v) is 14.4. The molecular weight excluding hydrogens is 484 g/mol. The molecule has 200 valence electrons. The summed E-state index contributed by atoms with van der Waals surface area (Å²) < 4.78 is 0. The molecule has 3 aliphatic rings. The second-order valence-corrected chi connectivity index (χ2v) is 11.8. The number of pyridine rings is 2. The number of aromatic nitrogens is 2. The number of alkyl halides is 1. The highest BCUT2D eigenvalue weighted by Gasteiger charge is 2.38. The minimum Gasteiger partial charge on any atom is -0.354 e. The van der Waals surface area contributed by atoms with E-state index in [1.807, 2.05) is 18.5 Å². The minimum atomic E-state index is -0.180. The van der Waals surface area contributed by atoms with E-state index in [1.165, 1.54) is 5.56 Å². The molecule has 5 atom stereocenters. The molecule has 4 heterocycles. The number of rotatable bonds is 6. The number of piperazine rings is 1. The highest BCUT2D eigenvalue weighted by Crippen LogP contribution is 2.40. The number of likely N-dealkylation sites (tertiary alicyclic amines) is 1. The van der Waals surface area contributed by atoms with Gasteiger partial charge in [0.15, 0.2) is 0 Å². The molecule has 3 fully saturated rings. The number of anilines is 1. The van der Waals surface area contributed by atoms with Crippen molar-refractivity contribution in [2.24, 2.45) is 5.92 Å². The van der Waals surface area contributed by atoms with E-state index in [4.69, 9.17) is 16.6 Å². The average Bonchev–Trinajstić information content (AvgIpc) is 2.90. The predicted octanol–water partition coefficient (Wildman–Crippen LogP) is 3.94. The molecule has 0 spiro atoms. The molecule has 1 saturated carbocycles. The van der Waals surface area contributed by atoms with E-state index in [0.717, 1.165) is 76.2 Å². The summed E-state index contributed by atoms with van der Waals surface area (Å²) in [5.41, 5.74) is 2.39. The molecule has 0 bridgehead atoms. The van der Waals surface area contributed by atoms with Crippen molar-refractivity contribution in [2.45, 2.75) is 81.9 Å². The van der Waals surface area contributed by atoms with Crippen LogP contribution in [0.25, 0.3) is 0 Å². The van der Waals surface area contributed by atoms with Crippen LogP contribution in [-0.2, 0) is 11.3 Å². The quantitative estimate of drug-likeness (QED) is 0.558. The van der Waals surface area contributed by atoms with Crippen molar-refractivity contribution < 1.29 is 4.79 Å². The van der Waals surface area contributed by atoms with E-state index >= 15 is 0 Å². The first-order valence-electron chi connectivity index (χ1n) is 14.0. The van der Waals surface area contributed by atoms with Crippen molar-refractivity contribution in [3.8, 4) is 0 Å². The third-order valence-electron chi connectivity index (χ3n) is 8.28. The van der Waals surface area contributed by atoms with Crippen LogP contribution in [0.5, 0.6) is 0 Å². The molecule has 5 rings (SSSR count). The zero-order chi connectivity index (χ0) is 25.8. The Morgan fingerprint density at radius 2 is 1.86 bits per heavy atom. The van der Waals surface area contributed by atoms with Gasteiger partial charge in [-0.05, 0) is 62.8 Å². The van der Waals surface area contributed by atoms with Crippen LogP contribution in [0, 0.1) is 5.92 Å². The third kappa shape index (κ3) is 6.62. The second kappa shape index (κ2) is 12.1. The largest absolute Gasteiger partial charge is 0.354 e. The maximum Gasteiger partial charge on any atom is 0.224 e. The first kappa shape index (κ1) is 26.4. The van der Waals surface area contributed by atoms with Crippen LogP contribution < -0.4 is 15.5 Å². The van der Waals surface area contributed by atoms with Gasteiger partial charge in [-0.25, -0.2) is 4.98 Å². The molecule has 1 aliphatic carbocycles. The molecule has 5 unspecified atom stereocenters. The molecule has 1 amide bonds. The molecule has 37 heavy (non-hydrogen) atoms. The van der Waals surface area contributed by atoms with Crippen molar-refractivity contribution >= 4 is 23.3 Å². The first-order chi connectivity index (χ1) is 18.0. The second-order valence-electron chi connectivity index (χ2n) is 11.3. The number of carbonyl (C=O) groups is 1. The van der Waals surface area contributed by atoms with Gasteiger partial charge in [-0.15, -0.1) is 11.6 Å². The number of carbonyl (C=O) groups excluding carboxylic acids is 1. The Morgan fingerprint density at radius 3 is 2.54 bits per heavy atom. The van der Waals surface area contributed by atoms with Crippen LogP contribution in [0.3, 0.4) is 0 Å². The molecule has 2 N–H and O–H groups in total. The van der Waals surface area contributed by atoms with Gasteiger partial charge in [-0.3, -0.25) is 14.7 Å². The summed E-state index contributed by atoms with van der Waals surface area (Å²) in [5.74, 6) is 1.25. The fourth-order valence-corrected chi connectivity index (χ4v) is 6.90. The molecule has 0 radical (unpaired) electrons. The molecular formula is C29H41ClN6O. The number of piperidine rings is 1. The summed E-state index contributed by atoms with van der Waals surface area (Å²) in [6.45, 7) is 9.30. The Kier molecular flexibility index (Phi) is 8.63. The molecule has 7 nitrogen and oxygen atoms in total. The lowest BCUT2D eigenvalue weighted by atomic mass is 9.77. The molecule has 2 aromatic heterocycles. The van der Waals surface area contributed by atoms with Gasteiger partial charge in [0.2, 0.25) is 5.91 Å². The van der Waals surface area contributed by atoms with E-state index in [9.17, 15) is 4.79 Å². The van der Waals surface area contributed by atoms with E-state index in [-0.39, 0.29) is 29.2 Å². The maximum atomic E-state index is 13.2. The van der Waals surface area contributed by atoms with Crippen LogP contribution in [0.4, 0.5) is 5.82 Å². The van der Waals surface area contributed by atoms with Gasteiger partial charge in [0.05, 0.1) is 11.3 Å². The number of hydrogen-bond donors (Lipinski definition) is 2. The smallest absolute Gasteiger partial charge is 0.224 e. The van der Waals surface area contributed by atoms with E-state index in [2.05, 4.69) is 57.5 Å². The fraction of sp³-hybridized carbons (Fsp3) is 0.621. The minimum absolute atomic E-state index is 0.128. The molecule has 2 aromatic rings. The Hall–Kier alpha value is -2.22. The highest BCUT2D eigenvalue weighted by atomic mass is 35.5. The standard InChI is InChI=1S/C29H41ClN6O/c1-20-17-36(18-21(2)33-20)27-9-8-22(15-32-27)19-35-13-10-24(11-14-35)34-29(37)26-7-3-6-25(28(26)30)23-5-4-12-31-16-23/h4-5,8-9,12,15-16,20-21,24-26,28,33H,3,6-7,10-11,13-14,17-19H2,1-2H3,(H,34,37). The lowest BCUT2D eigenvalue weighted by Crippen LogP contribution is -2.54.